The Kier molecular flexibility index (Phi) is 7.21. The second kappa shape index (κ2) is 10.5. The maximum atomic E-state index is 14.9. The van der Waals surface area contributed by atoms with E-state index in [0.29, 0.717) is 23.5 Å². The summed E-state index contributed by atoms with van der Waals surface area (Å²) in [7, 11) is 0. The summed E-state index contributed by atoms with van der Waals surface area (Å²) >= 11 is 0. The van der Waals surface area contributed by atoms with E-state index in [9.17, 15) is 13.2 Å². The number of rotatable bonds is 8. The summed E-state index contributed by atoms with van der Waals surface area (Å²) in [6.45, 7) is 4.45. The Morgan fingerprint density at radius 3 is 1.68 bits per heavy atom. The van der Waals surface area contributed by atoms with Crippen LogP contribution in [0.4, 0.5) is 13.2 Å². The van der Waals surface area contributed by atoms with Gasteiger partial charge < -0.3 is 9.47 Å². The van der Waals surface area contributed by atoms with Gasteiger partial charge in [0, 0.05) is 17.2 Å². The standard InChI is InChI=1S/C29H25F3O2/c1-3-19-5-9-21(10-6-19)24-14-15-25(29(32)28(24)31)22-11-7-20(8-12-22)18-34-27-16-13-23(33-4-2)17-26(27)30/h5-17H,3-4,18H2,1-2H3. The van der Waals surface area contributed by atoms with Gasteiger partial charge in [0.1, 0.15) is 12.4 Å². The molecular formula is C29H25F3O2. The van der Waals surface area contributed by atoms with E-state index in [1.54, 1.807) is 54.6 Å². The zero-order valence-electron chi connectivity index (χ0n) is 19.1. The summed E-state index contributed by atoms with van der Waals surface area (Å²) in [5, 5.41) is 0. The van der Waals surface area contributed by atoms with Gasteiger partial charge >= 0.3 is 0 Å². The first-order chi connectivity index (χ1) is 16.5. The molecule has 0 aliphatic carbocycles. The highest BCUT2D eigenvalue weighted by Crippen LogP contribution is 2.32. The Morgan fingerprint density at radius 2 is 1.18 bits per heavy atom. The first-order valence-electron chi connectivity index (χ1n) is 11.2. The normalized spacial score (nSPS) is 10.9. The lowest BCUT2D eigenvalue weighted by Crippen LogP contribution is -1.99. The predicted octanol–water partition coefficient (Wildman–Crippen LogP) is 7.98. The molecule has 0 aliphatic heterocycles. The van der Waals surface area contributed by atoms with Crippen LogP contribution < -0.4 is 9.47 Å². The summed E-state index contributed by atoms with van der Waals surface area (Å²) in [6.07, 6.45) is 0.881. The summed E-state index contributed by atoms with van der Waals surface area (Å²) < 4.78 is 54.8. The highest BCUT2D eigenvalue weighted by molar-refractivity contribution is 5.72. The van der Waals surface area contributed by atoms with Crippen LogP contribution in [0.15, 0.2) is 78.9 Å². The van der Waals surface area contributed by atoms with Crippen molar-refractivity contribution in [1.29, 1.82) is 0 Å². The van der Waals surface area contributed by atoms with Gasteiger partial charge in [0.15, 0.2) is 23.2 Å². The largest absolute Gasteiger partial charge is 0.494 e. The van der Waals surface area contributed by atoms with Crippen molar-refractivity contribution in [2.45, 2.75) is 26.9 Å². The molecule has 0 aromatic heterocycles. The predicted molar refractivity (Wildman–Crippen MR) is 129 cm³/mol. The molecule has 0 bridgehead atoms. The van der Waals surface area contributed by atoms with Gasteiger partial charge in [-0.3, -0.25) is 0 Å². The molecule has 5 heteroatoms. The third-order valence-corrected chi connectivity index (χ3v) is 5.63. The molecule has 4 aromatic carbocycles. The lowest BCUT2D eigenvalue weighted by atomic mass is 9.97. The van der Waals surface area contributed by atoms with E-state index in [4.69, 9.17) is 9.47 Å². The molecule has 0 saturated heterocycles. The molecular weight excluding hydrogens is 437 g/mol. The first kappa shape index (κ1) is 23.4. The number of hydrogen-bond acceptors (Lipinski definition) is 2. The monoisotopic (exact) mass is 462 g/mol. The second-order valence-electron chi connectivity index (χ2n) is 7.85. The van der Waals surface area contributed by atoms with Crippen molar-refractivity contribution in [3.63, 3.8) is 0 Å². The highest BCUT2D eigenvalue weighted by atomic mass is 19.2. The van der Waals surface area contributed by atoms with Gasteiger partial charge in [-0.05, 0) is 47.7 Å². The van der Waals surface area contributed by atoms with Crippen molar-refractivity contribution in [2.75, 3.05) is 6.61 Å². The van der Waals surface area contributed by atoms with Crippen molar-refractivity contribution < 1.29 is 22.6 Å². The summed E-state index contributed by atoms with van der Waals surface area (Å²) in [5.74, 6) is -1.72. The fourth-order valence-electron chi connectivity index (χ4n) is 3.71. The number of benzene rings is 4. The van der Waals surface area contributed by atoms with Crippen LogP contribution in [-0.4, -0.2) is 6.61 Å². The molecule has 0 unspecified atom stereocenters. The highest BCUT2D eigenvalue weighted by Gasteiger charge is 2.16. The Bertz CT molecular complexity index is 1270. The molecule has 2 nitrogen and oxygen atoms in total. The quantitative estimate of drug-likeness (QED) is 0.264. The van der Waals surface area contributed by atoms with Gasteiger partial charge in [0.2, 0.25) is 0 Å². The molecule has 0 spiro atoms. The van der Waals surface area contributed by atoms with E-state index in [0.717, 1.165) is 17.5 Å². The molecule has 0 saturated carbocycles. The summed E-state index contributed by atoms with van der Waals surface area (Å²) in [6, 6.07) is 21.9. The molecule has 0 amide bonds. The zero-order valence-corrected chi connectivity index (χ0v) is 19.1. The Balaban J connectivity index is 1.48. The van der Waals surface area contributed by atoms with Crippen LogP contribution in [0.25, 0.3) is 22.3 Å². The van der Waals surface area contributed by atoms with Crippen LogP contribution in [0, 0.1) is 17.5 Å². The molecule has 4 aromatic rings. The smallest absolute Gasteiger partial charge is 0.168 e. The third-order valence-electron chi connectivity index (χ3n) is 5.63. The van der Waals surface area contributed by atoms with Crippen molar-refractivity contribution in [2.24, 2.45) is 0 Å². The third kappa shape index (κ3) is 5.09. The average molecular weight is 463 g/mol. The maximum Gasteiger partial charge on any atom is 0.168 e. The lowest BCUT2D eigenvalue weighted by molar-refractivity contribution is 0.287. The van der Waals surface area contributed by atoms with Gasteiger partial charge in [-0.25, -0.2) is 13.2 Å². The fraction of sp³-hybridized carbons (Fsp3) is 0.172. The SMILES string of the molecule is CCOc1ccc(OCc2ccc(-c3ccc(-c4ccc(CC)cc4)c(F)c3F)cc2)c(F)c1. The van der Waals surface area contributed by atoms with E-state index in [1.807, 2.05) is 26.0 Å². The number of hydrogen-bond donors (Lipinski definition) is 0. The van der Waals surface area contributed by atoms with Gasteiger partial charge in [-0.15, -0.1) is 0 Å². The van der Waals surface area contributed by atoms with E-state index >= 15 is 0 Å². The Hall–Kier alpha value is -3.73. The fourth-order valence-corrected chi connectivity index (χ4v) is 3.71. The molecule has 0 N–H and O–H groups in total. The van der Waals surface area contributed by atoms with E-state index < -0.39 is 17.5 Å². The topological polar surface area (TPSA) is 18.5 Å². The Morgan fingerprint density at radius 1 is 0.618 bits per heavy atom. The number of ether oxygens (including phenoxy) is 2. The van der Waals surface area contributed by atoms with E-state index in [-0.39, 0.29) is 23.5 Å². The minimum atomic E-state index is -0.891. The molecule has 0 atom stereocenters. The summed E-state index contributed by atoms with van der Waals surface area (Å²) in [5.41, 5.74) is 3.48. The van der Waals surface area contributed by atoms with Gasteiger partial charge in [0.05, 0.1) is 6.61 Å². The first-order valence-corrected chi connectivity index (χ1v) is 11.2. The average Bonchev–Trinajstić information content (AvgIpc) is 2.86. The van der Waals surface area contributed by atoms with Gasteiger partial charge in [-0.1, -0.05) is 67.6 Å². The molecule has 0 heterocycles. The lowest BCUT2D eigenvalue weighted by Gasteiger charge is -2.11. The van der Waals surface area contributed by atoms with E-state index in [1.165, 1.54) is 12.1 Å². The molecule has 34 heavy (non-hydrogen) atoms. The molecule has 0 fully saturated rings. The van der Waals surface area contributed by atoms with Gasteiger partial charge in [-0.2, -0.15) is 0 Å². The van der Waals surface area contributed by atoms with Crippen molar-refractivity contribution in [3.05, 3.63) is 107 Å². The van der Waals surface area contributed by atoms with Crippen LogP contribution in [0.5, 0.6) is 11.5 Å². The van der Waals surface area contributed by atoms with Crippen molar-refractivity contribution >= 4 is 0 Å². The molecule has 0 radical (unpaired) electrons. The van der Waals surface area contributed by atoms with Crippen LogP contribution in [0.1, 0.15) is 25.0 Å². The maximum absolute atomic E-state index is 14.9. The van der Waals surface area contributed by atoms with Crippen molar-refractivity contribution in [1.82, 2.24) is 0 Å². The minimum absolute atomic E-state index is 0.114. The second-order valence-corrected chi connectivity index (χ2v) is 7.85. The number of aryl methyl sites for hydroxylation is 1. The summed E-state index contributed by atoms with van der Waals surface area (Å²) in [4.78, 5) is 0. The molecule has 4 rings (SSSR count). The van der Waals surface area contributed by atoms with Crippen LogP contribution in [0.3, 0.4) is 0 Å². The van der Waals surface area contributed by atoms with Crippen LogP contribution in [-0.2, 0) is 13.0 Å². The molecule has 0 aliphatic rings. The van der Waals surface area contributed by atoms with Gasteiger partial charge in [0.25, 0.3) is 0 Å². The van der Waals surface area contributed by atoms with Crippen LogP contribution >= 0.6 is 0 Å². The Labute approximate surface area is 197 Å². The van der Waals surface area contributed by atoms with Crippen molar-refractivity contribution in [3.8, 4) is 33.8 Å². The zero-order chi connectivity index (χ0) is 24.1. The minimum Gasteiger partial charge on any atom is -0.494 e. The van der Waals surface area contributed by atoms with Crippen LogP contribution in [0.2, 0.25) is 0 Å². The number of halogens is 3. The van der Waals surface area contributed by atoms with E-state index in [2.05, 4.69) is 0 Å². The molecule has 174 valence electrons.